The number of amides is 1. The molecule has 3 aliphatic rings. The SMILES string of the molecule is O=C(C1CCOCC1)N1CCC2(CC1)CC(OCCOc1ccccc1)CCO2. The van der Waals surface area contributed by atoms with Crippen molar-refractivity contribution in [1.29, 1.82) is 0 Å². The second-order valence-corrected chi connectivity index (χ2v) is 8.39. The van der Waals surface area contributed by atoms with Crippen LogP contribution in [0.25, 0.3) is 0 Å². The van der Waals surface area contributed by atoms with Crippen LogP contribution in [-0.4, -0.2) is 68.6 Å². The Labute approximate surface area is 173 Å². The van der Waals surface area contributed by atoms with Gasteiger partial charge in [-0.1, -0.05) is 18.2 Å². The predicted octanol–water partition coefficient (Wildman–Crippen LogP) is 3.05. The zero-order chi connectivity index (χ0) is 19.9. The number of hydrogen-bond acceptors (Lipinski definition) is 5. The summed E-state index contributed by atoms with van der Waals surface area (Å²) in [6.45, 7) is 4.89. The highest BCUT2D eigenvalue weighted by Crippen LogP contribution is 2.36. The molecule has 0 saturated carbocycles. The number of nitrogens with zero attached hydrogens (tertiary/aromatic N) is 1. The van der Waals surface area contributed by atoms with Gasteiger partial charge in [0.25, 0.3) is 0 Å². The molecule has 1 amide bonds. The van der Waals surface area contributed by atoms with E-state index in [-0.39, 0.29) is 17.6 Å². The third kappa shape index (κ3) is 5.50. The van der Waals surface area contributed by atoms with Crippen LogP contribution in [-0.2, 0) is 19.0 Å². The van der Waals surface area contributed by atoms with E-state index in [4.69, 9.17) is 18.9 Å². The maximum absolute atomic E-state index is 12.8. The van der Waals surface area contributed by atoms with E-state index < -0.39 is 0 Å². The number of carbonyl (C=O) groups is 1. The predicted molar refractivity (Wildman–Crippen MR) is 109 cm³/mol. The number of rotatable bonds is 6. The van der Waals surface area contributed by atoms with Crippen LogP contribution >= 0.6 is 0 Å². The van der Waals surface area contributed by atoms with E-state index in [9.17, 15) is 4.79 Å². The quantitative estimate of drug-likeness (QED) is 0.684. The molecule has 0 aromatic heterocycles. The Morgan fingerprint density at radius 3 is 2.55 bits per heavy atom. The number of carbonyl (C=O) groups excluding carboxylic acids is 1. The van der Waals surface area contributed by atoms with Crippen molar-refractivity contribution in [2.24, 2.45) is 5.92 Å². The van der Waals surface area contributed by atoms with Crippen LogP contribution in [0.15, 0.2) is 30.3 Å². The summed E-state index contributed by atoms with van der Waals surface area (Å²) in [4.78, 5) is 14.8. The monoisotopic (exact) mass is 403 g/mol. The van der Waals surface area contributed by atoms with Gasteiger partial charge in [-0.15, -0.1) is 0 Å². The molecule has 0 bridgehead atoms. The van der Waals surface area contributed by atoms with Gasteiger partial charge in [-0.2, -0.15) is 0 Å². The summed E-state index contributed by atoms with van der Waals surface area (Å²) >= 11 is 0. The van der Waals surface area contributed by atoms with E-state index in [1.165, 1.54) is 0 Å². The molecule has 0 N–H and O–H groups in total. The van der Waals surface area contributed by atoms with E-state index in [0.29, 0.717) is 32.3 Å². The first-order chi connectivity index (χ1) is 14.2. The molecule has 3 fully saturated rings. The first-order valence-corrected chi connectivity index (χ1v) is 11.0. The number of hydrogen-bond donors (Lipinski definition) is 0. The number of likely N-dealkylation sites (tertiary alicyclic amines) is 1. The van der Waals surface area contributed by atoms with Crippen LogP contribution in [0.2, 0.25) is 0 Å². The van der Waals surface area contributed by atoms with Gasteiger partial charge >= 0.3 is 0 Å². The molecule has 3 saturated heterocycles. The highest BCUT2D eigenvalue weighted by Gasteiger charge is 2.42. The Hall–Kier alpha value is -1.63. The second-order valence-electron chi connectivity index (χ2n) is 8.39. The van der Waals surface area contributed by atoms with Crippen molar-refractivity contribution < 1.29 is 23.7 Å². The normalized spacial score (nSPS) is 25.1. The molecule has 3 heterocycles. The zero-order valence-corrected chi connectivity index (χ0v) is 17.2. The minimum atomic E-state index is -0.129. The first-order valence-electron chi connectivity index (χ1n) is 11.0. The standard InChI is InChI=1S/C23H33NO5/c25-22(19-6-13-26-14-7-19)24-11-9-23(10-12-24)18-21(8-15-29-23)28-17-16-27-20-4-2-1-3-5-20/h1-5,19,21H,6-18H2. The first kappa shape index (κ1) is 20.6. The van der Waals surface area contributed by atoms with E-state index in [1.807, 2.05) is 35.2 Å². The molecular weight excluding hydrogens is 370 g/mol. The van der Waals surface area contributed by atoms with Crippen molar-refractivity contribution in [2.45, 2.75) is 50.2 Å². The Morgan fingerprint density at radius 1 is 1.03 bits per heavy atom. The van der Waals surface area contributed by atoms with Gasteiger partial charge < -0.3 is 23.8 Å². The van der Waals surface area contributed by atoms with Crippen molar-refractivity contribution in [3.8, 4) is 5.75 Å². The molecule has 1 atom stereocenters. The van der Waals surface area contributed by atoms with E-state index in [1.54, 1.807) is 0 Å². The molecule has 4 rings (SSSR count). The zero-order valence-electron chi connectivity index (χ0n) is 17.2. The average Bonchev–Trinajstić information content (AvgIpc) is 2.78. The lowest BCUT2D eigenvalue weighted by Gasteiger charge is -2.46. The van der Waals surface area contributed by atoms with Crippen LogP contribution in [0.1, 0.15) is 38.5 Å². The van der Waals surface area contributed by atoms with Gasteiger partial charge in [0.15, 0.2) is 0 Å². The maximum Gasteiger partial charge on any atom is 0.225 e. The number of piperidine rings is 1. The fourth-order valence-electron chi connectivity index (χ4n) is 4.70. The largest absolute Gasteiger partial charge is 0.491 e. The number of benzene rings is 1. The van der Waals surface area contributed by atoms with Crippen LogP contribution in [0.4, 0.5) is 0 Å². The summed E-state index contributed by atoms with van der Waals surface area (Å²) in [5, 5.41) is 0. The highest BCUT2D eigenvalue weighted by atomic mass is 16.5. The van der Waals surface area contributed by atoms with Crippen molar-refractivity contribution >= 4 is 5.91 Å². The molecule has 0 radical (unpaired) electrons. The summed E-state index contributed by atoms with van der Waals surface area (Å²) in [6, 6.07) is 9.83. The molecule has 1 spiro atoms. The van der Waals surface area contributed by atoms with Gasteiger partial charge in [0.05, 0.1) is 18.3 Å². The van der Waals surface area contributed by atoms with Crippen molar-refractivity contribution in [2.75, 3.05) is 46.1 Å². The molecule has 6 nitrogen and oxygen atoms in total. The third-order valence-electron chi connectivity index (χ3n) is 6.45. The van der Waals surface area contributed by atoms with Crippen LogP contribution in [0.5, 0.6) is 5.75 Å². The van der Waals surface area contributed by atoms with E-state index in [0.717, 1.165) is 64.0 Å². The van der Waals surface area contributed by atoms with Gasteiger partial charge in [0.2, 0.25) is 5.91 Å². The van der Waals surface area contributed by atoms with Crippen molar-refractivity contribution in [1.82, 2.24) is 4.90 Å². The Bertz CT molecular complexity index is 638. The molecule has 0 aliphatic carbocycles. The second kappa shape index (κ2) is 9.92. The molecule has 160 valence electrons. The van der Waals surface area contributed by atoms with Gasteiger partial charge in [0, 0.05) is 45.2 Å². The van der Waals surface area contributed by atoms with E-state index in [2.05, 4.69) is 0 Å². The van der Waals surface area contributed by atoms with Crippen LogP contribution < -0.4 is 4.74 Å². The summed E-state index contributed by atoms with van der Waals surface area (Å²) in [6.07, 6.45) is 5.58. The fourth-order valence-corrected chi connectivity index (χ4v) is 4.70. The number of ether oxygens (including phenoxy) is 4. The van der Waals surface area contributed by atoms with E-state index >= 15 is 0 Å². The molecular formula is C23H33NO5. The smallest absolute Gasteiger partial charge is 0.225 e. The van der Waals surface area contributed by atoms with Gasteiger partial charge in [-0.05, 0) is 44.2 Å². The van der Waals surface area contributed by atoms with Crippen molar-refractivity contribution in [3.63, 3.8) is 0 Å². The highest BCUT2D eigenvalue weighted by molar-refractivity contribution is 5.79. The van der Waals surface area contributed by atoms with Crippen LogP contribution in [0, 0.1) is 5.92 Å². The average molecular weight is 404 g/mol. The summed E-state index contributed by atoms with van der Waals surface area (Å²) in [7, 11) is 0. The lowest BCUT2D eigenvalue weighted by molar-refractivity contribution is -0.164. The third-order valence-corrected chi connectivity index (χ3v) is 6.45. The summed E-state index contributed by atoms with van der Waals surface area (Å²) in [5.41, 5.74) is -0.129. The molecule has 29 heavy (non-hydrogen) atoms. The van der Waals surface area contributed by atoms with Crippen LogP contribution in [0.3, 0.4) is 0 Å². The molecule has 1 aromatic carbocycles. The lowest BCUT2D eigenvalue weighted by atomic mass is 9.82. The fraction of sp³-hybridized carbons (Fsp3) is 0.696. The van der Waals surface area contributed by atoms with Gasteiger partial charge in [0.1, 0.15) is 12.4 Å². The molecule has 1 unspecified atom stereocenters. The molecule has 3 aliphatic heterocycles. The molecule has 6 heteroatoms. The minimum Gasteiger partial charge on any atom is -0.491 e. The van der Waals surface area contributed by atoms with Gasteiger partial charge in [-0.25, -0.2) is 0 Å². The summed E-state index contributed by atoms with van der Waals surface area (Å²) < 4.78 is 23.4. The maximum atomic E-state index is 12.8. The summed E-state index contributed by atoms with van der Waals surface area (Å²) in [5.74, 6) is 1.33. The lowest BCUT2D eigenvalue weighted by Crippen LogP contribution is -2.53. The topological polar surface area (TPSA) is 57.2 Å². The Kier molecular flexibility index (Phi) is 7.06. The Morgan fingerprint density at radius 2 is 1.79 bits per heavy atom. The van der Waals surface area contributed by atoms with Crippen molar-refractivity contribution in [3.05, 3.63) is 30.3 Å². The minimum absolute atomic E-state index is 0.129. The van der Waals surface area contributed by atoms with Gasteiger partial charge in [-0.3, -0.25) is 4.79 Å². The molecule has 1 aromatic rings. The Balaban J connectivity index is 1.19. The number of para-hydroxylation sites is 1.